The van der Waals surface area contributed by atoms with Gasteiger partial charge >= 0.3 is 0 Å². The zero-order valence-corrected chi connectivity index (χ0v) is 9.46. The summed E-state index contributed by atoms with van der Waals surface area (Å²) in [5.74, 6) is -1.03. The lowest BCUT2D eigenvalue weighted by atomic mass is 10.1. The summed E-state index contributed by atoms with van der Waals surface area (Å²) >= 11 is 0. The highest BCUT2D eigenvalue weighted by Crippen LogP contribution is 2.54. The number of hydrogen-bond donors (Lipinski definition) is 1. The molecule has 4 heteroatoms. The highest BCUT2D eigenvalue weighted by molar-refractivity contribution is 6.25. The van der Waals surface area contributed by atoms with Crippen molar-refractivity contribution in [2.75, 3.05) is 11.5 Å². The van der Waals surface area contributed by atoms with Crippen molar-refractivity contribution in [3.63, 3.8) is 0 Å². The molecule has 0 spiro atoms. The number of carbonyl (C=O) groups is 2. The predicted octanol–water partition coefficient (Wildman–Crippen LogP) is 0.723. The molecule has 2 fully saturated rings. The number of aliphatic hydroxyl groups excluding tert-OH is 1. The van der Waals surface area contributed by atoms with Crippen molar-refractivity contribution in [3.05, 3.63) is 29.8 Å². The largest absolute Gasteiger partial charge is 0.396 e. The zero-order chi connectivity index (χ0) is 12.2. The number of anilines is 1. The van der Waals surface area contributed by atoms with Gasteiger partial charge in [0.2, 0.25) is 11.8 Å². The van der Waals surface area contributed by atoms with E-state index in [2.05, 4.69) is 0 Å². The highest BCUT2D eigenvalue weighted by Gasteiger charge is 2.67. The maximum atomic E-state index is 12.1. The van der Waals surface area contributed by atoms with E-state index in [0.717, 1.165) is 5.56 Å². The smallest absolute Gasteiger partial charge is 0.238 e. The van der Waals surface area contributed by atoms with Crippen molar-refractivity contribution in [1.29, 1.82) is 0 Å². The Balaban J connectivity index is 1.96. The van der Waals surface area contributed by atoms with Gasteiger partial charge < -0.3 is 5.11 Å². The maximum absolute atomic E-state index is 12.1. The van der Waals surface area contributed by atoms with E-state index in [1.165, 1.54) is 4.90 Å². The first-order valence-electron chi connectivity index (χ1n) is 5.71. The highest BCUT2D eigenvalue weighted by atomic mass is 16.3. The number of aryl methyl sites for hydroxylation is 1. The topological polar surface area (TPSA) is 57.6 Å². The Bertz CT molecular complexity index is 489. The number of rotatable bonds is 2. The van der Waals surface area contributed by atoms with Gasteiger partial charge in [0.1, 0.15) is 0 Å². The first kappa shape index (κ1) is 10.5. The van der Waals surface area contributed by atoms with Crippen LogP contribution in [0.25, 0.3) is 0 Å². The molecule has 1 saturated carbocycles. The quantitative estimate of drug-likeness (QED) is 0.763. The van der Waals surface area contributed by atoms with E-state index in [1.54, 1.807) is 6.07 Å². The molecule has 1 N–H and O–H groups in total. The monoisotopic (exact) mass is 231 g/mol. The van der Waals surface area contributed by atoms with Gasteiger partial charge in [-0.2, -0.15) is 0 Å². The van der Waals surface area contributed by atoms with Crippen LogP contribution in [0.1, 0.15) is 5.56 Å². The van der Waals surface area contributed by atoms with Crippen molar-refractivity contribution in [2.24, 2.45) is 17.8 Å². The zero-order valence-electron chi connectivity index (χ0n) is 9.46. The number of nitrogens with zero attached hydrogens (tertiary/aromatic N) is 1. The van der Waals surface area contributed by atoms with E-state index in [1.807, 2.05) is 25.1 Å². The van der Waals surface area contributed by atoms with E-state index < -0.39 is 0 Å². The van der Waals surface area contributed by atoms with Gasteiger partial charge in [-0.05, 0) is 18.6 Å². The first-order valence-corrected chi connectivity index (χ1v) is 5.71. The molecule has 0 radical (unpaired) electrons. The molecule has 2 unspecified atom stereocenters. The second-order valence-corrected chi connectivity index (χ2v) is 4.70. The summed E-state index contributed by atoms with van der Waals surface area (Å²) in [7, 11) is 0. The standard InChI is InChI=1S/C13H13NO3/c1-7-4-2-3-5-9(7)14-12(16)10-8(6-15)11(10)13(14)17/h2-5,8,10-11,15H,6H2,1H3. The van der Waals surface area contributed by atoms with E-state index in [0.29, 0.717) is 5.69 Å². The molecule has 1 aliphatic carbocycles. The van der Waals surface area contributed by atoms with E-state index in [4.69, 9.17) is 5.11 Å². The van der Waals surface area contributed by atoms with Crippen LogP contribution in [0.5, 0.6) is 0 Å². The summed E-state index contributed by atoms with van der Waals surface area (Å²) in [4.78, 5) is 25.4. The number of carbonyl (C=O) groups excluding carboxylic acids is 2. The molecule has 17 heavy (non-hydrogen) atoms. The second-order valence-electron chi connectivity index (χ2n) is 4.70. The Kier molecular flexibility index (Phi) is 2.10. The normalized spacial score (nSPS) is 30.7. The minimum absolute atomic E-state index is 0.0750. The van der Waals surface area contributed by atoms with Gasteiger partial charge in [-0.3, -0.25) is 9.59 Å². The Morgan fingerprint density at radius 1 is 1.18 bits per heavy atom. The summed E-state index contributed by atoms with van der Waals surface area (Å²) in [5, 5.41) is 9.04. The SMILES string of the molecule is Cc1ccccc1N1C(=O)C2C(CO)C2C1=O. The van der Waals surface area contributed by atoms with Gasteiger partial charge in [0.15, 0.2) is 0 Å². The number of amides is 2. The van der Waals surface area contributed by atoms with Crippen molar-refractivity contribution in [3.8, 4) is 0 Å². The molecule has 3 rings (SSSR count). The van der Waals surface area contributed by atoms with E-state index in [-0.39, 0.29) is 36.2 Å². The number of benzene rings is 1. The summed E-state index contributed by atoms with van der Waals surface area (Å²) < 4.78 is 0. The Hall–Kier alpha value is -1.68. The third-order valence-electron chi connectivity index (χ3n) is 3.75. The van der Waals surface area contributed by atoms with Gasteiger partial charge in [0, 0.05) is 12.5 Å². The first-order chi connectivity index (χ1) is 8.16. The average Bonchev–Trinajstić information content (AvgIpc) is 2.99. The van der Waals surface area contributed by atoms with Gasteiger partial charge in [0.25, 0.3) is 0 Å². The third-order valence-corrected chi connectivity index (χ3v) is 3.75. The fourth-order valence-corrected chi connectivity index (χ4v) is 2.73. The van der Waals surface area contributed by atoms with Crippen LogP contribution in [0.15, 0.2) is 24.3 Å². The summed E-state index contributed by atoms with van der Waals surface area (Å²) in [6, 6.07) is 7.35. The van der Waals surface area contributed by atoms with Gasteiger partial charge in [-0.15, -0.1) is 0 Å². The number of piperidine rings is 1. The van der Waals surface area contributed by atoms with Crippen molar-refractivity contribution in [1.82, 2.24) is 0 Å². The predicted molar refractivity (Wildman–Crippen MR) is 61.2 cm³/mol. The second kappa shape index (κ2) is 3.40. The van der Waals surface area contributed by atoms with Gasteiger partial charge in [0.05, 0.1) is 17.5 Å². The molecule has 1 aromatic carbocycles. The molecule has 88 valence electrons. The molecule has 1 heterocycles. The minimum Gasteiger partial charge on any atom is -0.396 e. The van der Waals surface area contributed by atoms with Crippen LogP contribution < -0.4 is 4.90 Å². The summed E-state index contributed by atoms with van der Waals surface area (Å²) in [5.41, 5.74) is 1.59. The van der Waals surface area contributed by atoms with Crippen molar-refractivity contribution in [2.45, 2.75) is 6.92 Å². The minimum atomic E-state index is -0.285. The van der Waals surface area contributed by atoms with Gasteiger partial charge in [-0.25, -0.2) is 4.90 Å². The van der Waals surface area contributed by atoms with Crippen LogP contribution in [0.4, 0.5) is 5.69 Å². The Labute approximate surface area is 98.9 Å². The Morgan fingerprint density at radius 3 is 2.29 bits per heavy atom. The summed E-state index contributed by atoms with van der Waals surface area (Å²) in [6.45, 7) is 1.80. The van der Waals surface area contributed by atoms with Crippen LogP contribution in [0, 0.1) is 24.7 Å². The molecule has 0 aromatic heterocycles. The summed E-state index contributed by atoms with van der Waals surface area (Å²) in [6.07, 6.45) is 0. The fourth-order valence-electron chi connectivity index (χ4n) is 2.73. The Morgan fingerprint density at radius 2 is 1.76 bits per heavy atom. The van der Waals surface area contributed by atoms with Crippen LogP contribution in [-0.4, -0.2) is 23.5 Å². The number of aliphatic hydroxyl groups is 1. The molecular formula is C13H13NO3. The molecular weight excluding hydrogens is 218 g/mol. The van der Waals surface area contributed by atoms with E-state index in [9.17, 15) is 9.59 Å². The van der Waals surface area contributed by atoms with Crippen LogP contribution >= 0.6 is 0 Å². The molecule has 2 atom stereocenters. The maximum Gasteiger partial charge on any atom is 0.238 e. The van der Waals surface area contributed by atoms with Crippen molar-refractivity contribution >= 4 is 17.5 Å². The molecule has 0 bridgehead atoms. The molecule has 2 amide bonds. The molecule has 1 aliphatic heterocycles. The lowest BCUT2D eigenvalue weighted by Crippen LogP contribution is -2.35. The number of hydrogen-bond acceptors (Lipinski definition) is 3. The van der Waals surface area contributed by atoms with Gasteiger partial charge in [-0.1, -0.05) is 18.2 Å². The molecule has 1 aromatic rings. The lowest BCUT2D eigenvalue weighted by Gasteiger charge is -2.19. The van der Waals surface area contributed by atoms with E-state index >= 15 is 0 Å². The molecule has 1 saturated heterocycles. The molecule has 4 nitrogen and oxygen atoms in total. The fraction of sp³-hybridized carbons (Fsp3) is 0.385. The number of fused-ring (bicyclic) bond motifs is 1. The number of para-hydroxylation sites is 1. The molecule has 2 aliphatic rings. The lowest BCUT2D eigenvalue weighted by molar-refractivity contribution is -0.124. The van der Waals surface area contributed by atoms with Crippen molar-refractivity contribution < 1.29 is 14.7 Å². The third kappa shape index (κ3) is 1.27. The van der Waals surface area contributed by atoms with Crippen LogP contribution in [-0.2, 0) is 9.59 Å². The average molecular weight is 231 g/mol. The van der Waals surface area contributed by atoms with Crippen LogP contribution in [0.2, 0.25) is 0 Å². The number of imide groups is 1. The van der Waals surface area contributed by atoms with Crippen LogP contribution in [0.3, 0.4) is 0 Å².